The summed E-state index contributed by atoms with van der Waals surface area (Å²) >= 11 is 0. The van der Waals surface area contributed by atoms with E-state index in [-0.39, 0.29) is 0 Å². The molecule has 0 saturated carbocycles. The van der Waals surface area contributed by atoms with Gasteiger partial charge in [0.2, 0.25) is 5.91 Å². The van der Waals surface area contributed by atoms with Gasteiger partial charge in [0.05, 0.1) is 19.9 Å². The van der Waals surface area contributed by atoms with Crippen molar-refractivity contribution in [2.45, 2.75) is 19.4 Å². The molecular weight excluding hydrogens is 374 g/mol. The molecule has 152 valence electrons. The summed E-state index contributed by atoms with van der Waals surface area (Å²) in [6.45, 7) is 3.14. The number of anilines is 1. The Kier molecular flexibility index (Phi) is 5.45. The van der Waals surface area contributed by atoms with E-state index in [2.05, 4.69) is 10.6 Å². The standard InChI is InChI=1S/C21H23N3O5/c1-13-5-7-14(8-6-13)21(2)19(26)24(20(27)23-21)12-18(25)22-16-11-15(28-3)9-10-17(16)29-4/h5-11H,12H2,1-4H3,(H,22,25)(H,23,27)/t21-/m0/s1. The molecule has 8 nitrogen and oxygen atoms in total. The van der Waals surface area contributed by atoms with Crippen LogP contribution in [0.2, 0.25) is 0 Å². The Morgan fingerprint density at radius 2 is 1.79 bits per heavy atom. The summed E-state index contributed by atoms with van der Waals surface area (Å²) in [6.07, 6.45) is 0. The Morgan fingerprint density at radius 1 is 1.10 bits per heavy atom. The minimum absolute atomic E-state index is 0.380. The highest BCUT2D eigenvalue weighted by molar-refractivity contribution is 6.10. The van der Waals surface area contributed by atoms with Gasteiger partial charge in [-0.2, -0.15) is 0 Å². The molecule has 8 heteroatoms. The molecule has 0 radical (unpaired) electrons. The van der Waals surface area contributed by atoms with Crippen LogP contribution in [0.4, 0.5) is 10.5 Å². The van der Waals surface area contributed by atoms with Crippen molar-refractivity contribution in [3.63, 3.8) is 0 Å². The van der Waals surface area contributed by atoms with Gasteiger partial charge in [0.1, 0.15) is 23.6 Å². The van der Waals surface area contributed by atoms with Gasteiger partial charge in [-0.15, -0.1) is 0 Å². The first kappa shape index (κ1) is 20.2. The Labute approximate surface area is 168 Å². The predicted octanol–water partition coefficient (Wildman–Crippen LogP) is 2.42. The fourth-order valence-corrected chi connectivity index (χ4v) is 3.17. The van der Waals surface area contributed by atoms with Gasteiger partial charge in [0, 0.05) is 6.07 Å². The fourth-order valence-electron chi connectivity index (χ4n) is 3.17. The largest absolute Gasteiger partial charge is 0.497 e. The van der Waals surface area contributed by atoms with Crippen molar-refractivity contribution in [1.82, 2.24) is 10.2 Å². The van der Waals surface area contributed by atoms with Gasteiger partial charge in [-0.1, -0.05) is 29.8 Å². The monoisotopic (exact) mass is 397 g/mol. The summed E-state index contributed by atoms with van der Waals surface area (Å²) in [4.78, 5) is 38.8. The van der Waals surface area contributed by atoms with Gasteiger partial charge in [-0.25, -0.2) is 4.79 Å². The van der Waals surface area contributed by atoms with E-state index < -0.39 is 29.9 Å². The van der Waals surface area contributed by atoms with Crippen LogP contribution >= 0.6 is 0 Å². The van der Waals surface area contributed by atoms with Crippen LogP contribution in [0.1, 0.15) is 18.1 Å². The molecule has 3 rings (SSSR count). The Morgan fingerprint density at radius 3 is 2.41 bits per heavy atom. The molecule has 1 saturated heterocycles. The highest BCUT2D eigenvalue weighted by Crippen LogP contribution is 2.30. The van der Waals surface area contributed by atoms with Gasteiger partial charge in [-0.05, 0) is 31.5 Å². The quantitative estimate of drug-likeness (QED) is 0.730. The zero-order valence-electron chi connectivity index (χ0n) is 16.7. The van der Waals surface area contributed by atoms with Crippen LogP contribution in [0, 0.1) is 6.92 Å². The summed E-state index contributed by atoms with van der Waals surface area (Å²) < 4.78 is 10.4. The van der Waals surface area contributed by atoms with Crippen molar-refractivity contribution in [2.75, 3.05) is 26.1 Å². The Hall–Kier alpha value is -3.55. The molecule has 0 aliphatic carbocycles. The van der Waals surface area contributed by atoms with E-state index in [1.807, 2.05) is 19.1 Å². The Bertz CT molecular complexity index is 957. The number of benzene rings is 2. The molecular formula is C21H23N3O5. The van der Waals surface area contributed by atoms with E-state index in [4.69, 9.17) is 9.47 Å². The van der Waals surface area contributed by atoms with Gasteiger partial charge < -0.3 is 20.1 Å². The molecule has 1 heterocycles. The lowest BCUT2D eigenvalue weighted by atomic mass is 9.91. The third-order valence-corrected chi connectivity index (χ3v) is 4.89. The summed E-state index contributed by atoms with van der Waals surface area (Å²) in [5.41, 5.74) is 0.847. The van der Waals surface area contributed by atoms with E-state index in [9.17, 15) is 14.4 Å². The molecule has 4 amide bonds. The average molecular weight is 397 g/mol. The van der Waals surface area contributed by atoms with Crippen LogP contribution in [0.15, 0.2) is 42.5 Å². The van der Waals surface area contributed by atoms with Crippen molar-refractivity contribution < 1.29 is 23.9 Å². The lowest BCUT2D eigenvalue weighted by Gasteiger charge is -2.22. The van der Waals surface area contributed by atoms with Gasteiger partial charge in [0.15, 0.2) is 0 Å². The fraction of sp³-hybridized carbons (Fsp3) is 0.286. The predicted molar refractivity (Wildman–Crippen MR) is 107 cm³/mol. The number of imide groups is 1. The normalized spacial score (nSPS) is 18.4. The average Bonchev–Trinajstić information content (AvgIpc) is 2.92. The van der Waals surface area contributed by atoms with E-state index in [1.54, 1.807) is 37.3 Å². The van der Waals surface area contributed by atoms with Crippen LogP contribution in [-0.4, -0.2) is 43.5 Å². The zero-order chi connectivity index (χ0) is 21.2. The maximum absolute atomic E-state index is 13.0. The third-order valence-electron chi connectivity index (χ3n) is 4.89. The van der Waals surface area contributed by atoms with Crippen LogP contribution in [0.5, 0.6) is 11.5 Å². The molecule has 0 bridgehead atoms. The second-order valence-corrected chi connectivity index (χ2v) is 6.93. The number of urea groups is 1. The topological polar surface area (TPSA) is 97.0 Å². The number of hydrogen-bond acceptors (Lipinski definition) is 5. The second kappa shape index (κ2) is 7.83. The first-order valence-corrected chi connectivity index (χ1v) is 9.01. The molecule has 1 aliphatic rings. The number of rotatable bonds is 6. The number of hydrogen-bond donors (Lipinski definition) is 2. The number of nitrogens with zero attached hydrogens (tertiary/aromatic N) is 1. The molecule has 2 aromatic rings. The van der Waals surface area contributed by atoms with Crippen LogP contribution in [-0.2, 0) is 15.1 Å². The second-order valence-electron chi connectivity index (χ2n) is 6.93. The Balaban J connectivity index is 1.77. The molecule has 1 atom stereocenters. The molecule has 29 heavy (non-hydrogen) atoms. The van der Waals surface area contributed by atoms with Crippen molar-refractivity contribution >= 4 is 23.5 Å². The summed E-state index contributed by atoms with van der Waals surface area (Å²) in [5.74, 6) is -0.0591. The first-order valence-electron chi connectivity index (χ1n) is 9.01. The lowest BCUT2D eigenvalue weighted by molar-refractivity contribution is -0.133. The molecule has 0 spiro atoms. The van der Waals surface area contributed by atoms with Crippen LogP contribution in [0.3, 0.4) is 0 Å². The number of amides is 4. The number of methoxy groups -OCH3 is 2. The van der Waals surface area contributed by atoms with Crippen molar-refractivity contribution in [3.05, 3.63) is 53.6 Å². The van der Waals surface area contributed by atoms with Crippen LogP contribution < -0.4 is 20.1 Å². The lowest BCUT2D eigenvalue weighted by Crippen LogP contribution is -2.42. The summed E-state index contributed by atoms with van der Waals surface area (Å²) in [6, 6.07) is 11.6. The molecule has 2 N–H and O–H groups in total. The van der Waals surface area contributed by atoms with E-state index in [0.29, 0.717) is 22.7 Å². The SMILES string of the molecule is COc1ccc(OC)c(NC(=O)CN2C(=O)N[C@@](C)(c3ccc(C)cc3)C2=O)c1. The van der Waals surface area contributed by atoms with Gasteiger partial charge in [-0.3, -0.25) is 14.5 Å². The molecule has 0 aromatic heterocycles. The zero-order valence-corrected chi connectivity index (χ0v) is 16.7. The van der Waals surface area contributed by atoms with E-state index in [0.717, 1.165) is 10.5 Å². The maximum Gasteiger partial charge on any atom is 0.325 e. The molecule has 0 unspecified atom stereocenters. The number of aryl methyl sites for hydroxylation is 1. The van der Waals surface area contributed by atoms with E-state index >= 15 is 0 Å². The highest BCUT2D eigenvalue weighted by Gasteiger charge is 2.49. The van der Waals surface area contributed by atoms with Gasteiger partial charge in [0.25, 0.3) is 5.91 Å². The highest BCUT2D eigenvalue weighted by atomic mass is 16.5. The molecule has 1 aliphatic heterocycles. The first-order chi connectivity index (χ1) is 13.8. The maximum atomic E-state index is 13.0. The number of carbonyl (C=O) groups excluding carboxylic acids is 3. The minimum atomic E-state index is -1.22. The van der Waals surface area contributed by atoms with Crippen LogP contribution in [0.25, 0.3) is 0 Å². The third kappa shape index (κ3) is 3.87. The van der Waals surface area contributed by atoms with Gasteiger partial charge >= 0.3 is 6.03 Å². The summed E-state index contributed by atoms with van der Waals surface area (Å²) in [7, 11) is 2.98. The van der Waals surface area contributed by atoms with Crippen molar-refractivity contribution in [2.24, 2.45) is 0 Å². The smallest absolute Gasteiger partial charge is 0.325 e. The number of carbonyl (C=O) groups is 3. The van der Waals surface area contributed by atoms with E-state index in [1.165, 1.54) is 14.2 Å². The number of ether oxygens (including phenoxy) is 2. The molecule has 2 aromatic carbocycles. The van der Waals surface area contributed by atoms with Crippen molar-refractivity contribution in [3.8, 4) is 11.5 Å². The van der Waals surface area contributed by atoms with Crippen molar-refractivity contribution in [1.29, 1.82) is 0 Å². The molecule has 1 fully saturated rings. The number of nitrogens with one attached hydrogen (secondary N) is 2. The minimum Gasteiger partial charge on any atom is -0.497 e. The summed E-state index contributed by atoms with van der Waals surface area (Å²) in [5, 5.41) is 5.35.